The Morgan fingerprint density at radius 1 is 0.403 bits per heavy atom. The lowest BCUT2D eigenvalue weighted by molar-refractivity contribution is -0.385. The summed E-state index contributed by atoms with van der Waals surface area (Å²) in [5.74, 6) is 2.29. The second-order valence-electron chi connectivity index (χ2n) is 14.3. The van der Waals surface area contributed by atoms with Crippen molar-refractivity contribution in [2.75, 3.05) is 28.4 Å². The van der Waals surface area contributed by atoms with Gasteiger partial charge in [-0.25, -0.2) is 9.97 Å². The third-order valence-electron chi connectivity index (χ3n) is 10.8. The number of aromatic amines is 2. The third kappa shape index (κ3) is 7.15. The number of aromatic nitrogens is 4. The Bertz CT molecular complexity index is 2930. The zero-order valence-corrected chi connectivity index (χ0v) is 33.8. The van der Waals surface area contributed by atoms with E-state index in [4.69, 9.17) is 28.9 Å². The Hall–Kier alpha value is -8.52. The van der Waals surface area contributed by atoms with Crippen molar-refractivity contribution >= 4 is 57.7 Å². The summed E-state index contributed by atoms with van der Waals surface area (Å²) in [6, 6.07) is 31.8. The van der Waals surface area contributed by atoms with Crippen LogP contribution in [0, 0.1) is 20.2 Å². The molecule has 0 aliphatic carbocycles. The first-order valence-corrected chi connectivity index (χ1v) is 19.3. The van der Waals surface area contributed by atoms with E-state index in [-0.39, 0.29) is 11.4 Å². The van der Waals surface area contributed by atoms with Gasteiger partial charge in [-0.3, -0.25) is 20.2 Å². The lowest BCUT2D eigenvalue weighted by Crippen LogP contribution is -1.93. The summed E-state index contributed by atoms with van der Waals surface area (Å²) in [4.78, 5) is 40.4. The third-order valence-corrected chi connectivity index (χ3v) is 10.8. The second kappa shape index (κ2) is 15.9. The van der Waals surface area contributed by atoms with Crippen LogP contribution in [0.5, 0.6) is 23.0 Å². The van der Waals surface area contributed by atoms with Crippen LogP contribution in [0.15, 0.2) is 109 Å². The van der Waals surface area contributed by atoms with Crippen LogP contribution in [-0.2, 0) is 0 Å². The van der Waals surface area contributed by atoms with Gasteiger partial charge in [0.2, 0.25) is 0 Å². The van der Waals surface area contributed by atoms with Crippen molar-refractivity contribution in [2.45, 2.75) is 0 Å². The Morgan fingerprint density at radius 3 is 0.935 bits per heavy atom. The van der Waals surface area contributed by atoms with Crippen molar-refractivity contribution in [3.63, 3.8) is 0 Å². The smallest absolute Gasteiger partial charge is 0.269 e. The Labute approximate surface area is 353 Å². The summed E-state index contributed by atoms with van der Waals surface area (Å²) >= 11 is 0. The molecule has 0 fully saturated rings. The summed E-state index contributed by atoms with van der Waals surface area (Å²) in [6.07, 6.45) is 7.69. The molecule has 8 bridgehead atoms. The molecule has 0 unspecified atom stereocenters. The molecule has 0 atom stereocenters. The molecule has 62 heavy (non-hydrogen) atoms. The van der Waals surface area contributed by atoms with Crippen molar-refractivity contribution in [3.05, 3.63) is 152 Å². The van der Waals surface area contributed by atoms with Gasteiger partial charge < -0.3 is 28.9 Å². The molecule has 306 valence electrons. The van der Waals surface area contributed by atoms with Crippen LogP contribution in [0.3, 0.4) is 0 Å². The van der Waals surface area contributed by atoms with Crippen molar-refractivity contribution in [1.29, 1.82) is 0 Å². The van der Waals surface area contributed by atoms with E-state index >= 15 is 0 Å². The van der Waals surface area contributed by atoms with Crippen LogP contribution in [0.4, 0.5) is 11.4 Å². The fraction of sp³-hybridized carbons (Fsp3) is 0.0833. The Morgan fingerprint density at radius 2 is 0.677 bits per heavy atom. The summed E-state index contributed by atoms with van der Waals surface area (Å²) in [5, 5.41) is 23.5. The van der Waals surface area contributed by atoms with Crippen LogP contribution in [-0.4, -0.2) is 58.2 Å². The highest BCUT2D eigenvalue weighted by Crippen LogP contribution is 2.41. The highest BCUT2D eigenvalue weighted by atomic mass is 16.6. The number of non-ortho nitro benzene ring substituents is 2. The number of nitrogens with zero attached hydrogens (tertiary/aromatic N) is 4. The molecule has 4 aromatic carbocycles. The quantitative estimate of drug-likeness (QED) is 0.0995. The predicted octanol–water partition coefficient (Wildman–Crippen LogP) is 11.2. The molecule has 3 aromatic heterocycles. The number of nitro groups is 2. The average molecular weight is 825 g/mol. The number of benzene rings is 4. The highest BCUT2D eigenvalue weighted by Gasteiger charge is 2.21. The zero-order chi connectivity index (χ0) is 43.1. The van der Waals surface area contributed by atoms with Gasteiger partial charge in [0, 0.05) is 80.7 Å². The van der Waals surface area contributed by atoms with Crippen LogP contribution in [0.1, 0.15) is 22.8 Å². The molecule has 0 amide bonds. The van der Waals surface area contributed by atoms with Gasteiger partial charge in [-0.2, -0.15) is 0 Å². The Kier molecular flexibility index (Phi) is 10.0. The molecule has 5 heterocycles. The van der Waals surface area contributed by atoms with E-state index in [1.165, 1.54) is 24.3 Å². The number of nitro benzene ring substituents is 2. The van der Waals surface area contributed by atoms with Crippen molar-refractivity contribution in [3.8, 4) is 67.5 Å². The van der Waals surface area contributed by atoms with Gasteiger partial charge in [-0.15, -0.1) is 0 Å². The number of hydrogen-bond donors (Lipinski definition) is 2. The monoisotopic (exact) mass is 824 g/mol. The molecular weight excluding hydrogens is 789 g/mol. The maximum absolute atomic E-state index is 11.7. The maximum atomic E-state index is 11.7. The van der Waals surface area contributed by atoms with Gasteiger partial charge in [0.1, 0.15) is 23.0 Å². The minimum absolute atomic E-state index is 0.0402. The predicted molar refractivity (Wildman–Crippen MR) is 240 cm³/mol. The van der Waals surface area contributed by atoms with Crippen molar-refractivity contribution < 1.29 is 28.8 Å². The van der Waals surface area contributed by atoms with E-state index in [1.807, 2.05) is 72.8 Å². The van der Waals surface area contributed by atoms with Crippen LogP contribution in [0.25, 0.3) is 90.9 Å². The largest absolute Gasteiger partial charge is 0.497 e. The van der Waals surface area contributed by atoms with Gasteiger partial charge >= 0.3 is 0 Å². The molecule has 2 N–H and O–H groups in total. The van der Waals surface area contributed by atoms with E-state index in [1.54, 1.807) is 64.8 Å². The first kappa shape index (κ1) is 39.0. The molecule has 0 spiro atoms. The minimum Gasteiger partial charge on any atom is -0.497 e. The molecule has 7 aromatic rings. The van der Waals surface area contributed by atoms with Gasteiger partial charge in [0.25, 0.3) is 11.4 Å². The average Bonchev–Trinajstić information content (AvgIpc) is 4.15. The second-order valence-corrected chi connectivity index (χ2v) is 14.3. The fourth-order valence-electron chi connectivity index (χ4n) is 7.82. The maximum Gasteiger partial charge on any atom is 0.269 e. The number of hydrogen-bond acceptors (Lipinski definition) is 10. The first-order valence-electron chi connectivity index (χ1n) is 19.3. The van der Waals surface area contributed by atoms with Crippen molar-refractivity contribution in [1.82, 2.24) is 19.9 Å². The van der Waals surface area contributed by atoms with E-state index in [2.05, 4.69) is 9.97 Å². The number of H-pyrrole nitrogens is 2. The van der Waals surface area contributed by atoms with Gasteiger partial charge in [0.05, 0.1) is 61.1 Å². The molecular formula is C48H36N6O8. The van der Waals surface area contributed by atoms with Crippen molar-refractivity contribution in [2.24, 2.45) is 0 Å². The number of methoxy groups -OCH3 is 4. The van der Waals surface area contributed by atoms with Gasteiger partial charge in [0.15, 0.2) is 0 Å². The van der Waals surface area contributed by atoms with Gasteiger partial charge in [-0.05, 0) is 119 Å². The zero-order valence-electron chi connectivity index (χ0n) is 33.8. The molecule has 9 rings (SSSR count). The fourth-order valence-corrected chi connectivity index (χ4v) is 7.82. The molecule has 0 radical (unpaired) electrons. The molecule has 0 saturated carbocycles. The number of nitrogens with one attached hydrogen (secondary N) is 2. The summed E-state index contributed by atoms with van der Waals surface area (Å²) in [5.41, 5.74) is 10.9. The Balaban J connectivity index is 1.46. The molecule has 14 heteroatoms. The molecule has 14 nitrogen and oxygen atoms in total. The summed E-state index contributed by atoms with van der Waals surface area (Å²) in [7, 11) is 6.35. The standard InChI is InChI=1S/C48H36N6O8/c1-59-33-21-29(22-34(25-33)60-2)47-41-17-13-37(49-41)45(27-5-9-31(10-6-27)53(55)56)39-15-19-43(51-39)48(30-23-35(61-3)26-36(24-30)62-4)44-20-16-40(52-44)46(38-14-18-42(47)50-38)28-7-11-32(12-8-28)54(57)58/h5-26,49,52H,1-4H3. The van der Waals surface area contributed by atoms with E-state index in [9.17, 15) is 20.2 Å². The van der Waals surface area contributed by atoms with E-state index in [0.717, 1.165) is 22.3 Å². The SMILES string of the molecule is COc1cc(OC)cc(-c2c3nc(c(-c4ccc([N+](=O)[O-])cc4)c4ccc([nH]4)c(-c4cc(OC)cc(OC)c4)c4nc(c(-c5ccc([N+](=O)[O-])cc5)c5ccc2[nH]5)C=C4)C=C3)c1. The lowest BCUT2D eigenvalue weighted by Gasteiger charge is -2.10. The molecule has 2 aliphatic heterocycles. The van der Waals surface area contributed by atoms with Crippen LogP contribution in [0.2, 0.25) is 0 Å². The summed E-state index contributed by atoms with van der Waals surface area (Å²) < 4.78 is 22.8. The van der Waals surface area contributed by atoms with Crippen LogP contribution < -0.4 is 18.9 Å². The number of rotatable bonds is 10. The topological polar surface area (TPSA) is 181 Å². The molecule has 2 aliphatic rings. The molecule has 0 saturated heterocycles. The lowest BCUT2D eigenvalue weighted by atomic mass is 10.0. The number of ether oxygens (including phenoxy) is 4. The minimum atomic E-state index is -0.428. The van der Waals surface area contributed by atoms with E-state index < -0.39 is 9.85 Å². The van der Waals surface area contributed by atoms with Crippen LogP contribution >= 0.6 is 0 Å². The summed E-state index contributed by atoms with van der Waals surface area (Å²) in [6.45, 7) is 0. The number of fused-ring (bicyclic) bond motifs is 8. The first-order chi connectivity index (χ1) is 30.1. The van der Waals surface area contributed by atoms with Gasteiger partial charge in [-0.1, -0.05) is 0 Å². The van der Waals surface area contributed by atoms with E-state index in [0.29, 0.717) is 90.1 Å². The highest BCUT2D eigenvalue weighted by molar-refractivity contribution is 6.00. The normalized spacial score (nSPS) is 11.7.